The second-order valence-electron chi connectivity index (χ2n) is 8.36. The molecule has 3 heterocycles. The minimum Gasteiger partial charge on any atom is -0.357 e. The van der Waals surface area contributed by atoms with Crippen LogP contribution in [0.3, 0.4) is 0 Å². The predicted octanol–water partition coefficient (Wildman–Crippen LogP) is 4.02. The van der Waals surface area contributed by atoms with Gasteiger partial charge in [-0.25, -0.2) is 4.99 Å². The van der Waals surface area contributed by atoms with Gasteiger partial charge >= 0.3 is 0 Å². The molecule has 2 N–H and O–H groups in total. The number of aliphatic imine (C=N–C) groups is 1. The summed E-state index contributed by atoms with van der Waals surface area (Å²) in [5, 5.41) is 18.1. The van der Waals surface area contributed by atoms with Crippen molar-refractivity contribution >= 4 is 17.3 Å². The Bertz CT molecular complexity index is 788. The average Bonchev–Trinajstić information content (AvgIpc) is 3.37. The van der Waals surface area contributed by atoms with Gasteiger partial charge in [-0.3, -0.25) is 0 Å². The lowest BCUT2D eigenvalue weighted by Gasteiger charge is -2.37. The van der Waals surface area contributed by atoms with Crippen molar-refractivity contribution in [2.75, 3.05) is 13.1 Å². The standard InChI is InChI=1S/C22H34N6S/c1-2-23-21(24-16-20-27-26-19-11-5-3-8-14-28(19)20)25-17-22(12-6-4-7-13-22)18-10-9-15-29-18/h9-10,15H,2-8,11-14,16-17H2,1H3,(H2,23,24,25). The minimum atomic E-state index is 0.245. The molecule has 4 rings (SSSR count). The van der Waals surface area contributed by atoms with Crippen LogP contribution in [-0.4, -0.2) is 33.8 Å². The maximum absolute atomic E-state index is 4.87. The number of aromatic nitrogens is 3. The SMILES string of the molecule is CCNC(=NCc1nnc2n1CCCCC2)NCC1(c2cccs2)CCCCC1. The first kappa shape index (κ1) is 20.4. The van der Waals surface area contributed by atoms with Crippen LogP contribution in [0, 0.1) is 0 Å². The number of thiophene rings is 1. The second kappa shape index (κ2) is 9.74. The smallest absolute Gasteiger partial charge is 0.191 e. The Hall–Kier alpha value is -1.89. The fourth-order valence-electron chi connectivity index (χ4n) is 4.73. The van der Waals surface area contributed by atoms with Gasteiger partial charge in [-0.15, -0.1) is 21.5 Å². The summed E-state index contributed by atoms with van der Waals surface area (Å²) >= 11 is 1.90. The fourth-order valence-corrected chi connectivity index (χ4v) is 5.71. The number of rotatable bonds is 6. The van der Waals surface area contributed by atoms with Crippen molar-refractivity contribution in [3.63, 3.8) is 0 Å². The van der Waals surface area contributed by atoms with E-state index < -0.39 is 0 Å². The van der Waals surface area contributed by atoms with Crippen LogP contribution in [0.4, 0.5) is 0 Å². The van der Waals surface area contributed by atoms with E-state index >= 15 is 0 Å². The molecule has 7 heteroatoms. The van der Waals surface area contributed by atoms with Gasteiger partial charge in [0.1, 0.15) is 12.4 Å². The van der Waals surface area contributed by atoms with Gasteiger partial charge in [-0.1, -0.05) is 31.7 Å². The van der Waals surface area contributed by atoms with E-state index in [9.17, 15) is 0 Å². The molecule has 0 amide bonds. The summed E-state index contributed by atoms with van der Waals surface area (Å²) in [7, 11) is 0. The lowest BCUT2D eigenvalue weighted by molar-refractivity contribution is 0.296. The summed E-state index contributed by atoms with van der Waals surface area (Å²) in [5.41, 5.74) is 0.245. The summed E-state index contributed by atoms with van der Waals surface area (Å²) in [5.74, 6) is 3.01. The van der Waals surface area contributed by atoms with Gasteiger partial charge in [0, 0.05) is 36.3 Å². The molecule has 6 nitrogen and oxygen atoms in total. The fraction of sp³-hybridized carbons (Fsp3) is 0.682. The quantitative estimate of drug-likeness (QED) is 0.553. The Balaban J connectivity index is 1.45. The van der Waals surface area contributed by atoms with Crippen LogP contribution in [0.5, 0.6) is 0 Å². The zero-order valence-electron chi connectivity index (χ0n) is 17.6. The Morgan fingerprint density at radius 3 is 2.79 bits per heavy atom. The lowest BCUT2D eigenvalue weighted by Crippen LogP contribution is -2.46. The maximum Gasteiger partial charge on any atom is 0.191 e. The number of nitrogens with zero attached hydrogens (tertiary/aromatic N) is 4. The van der Waals surface area contributed by atoms with Crippen molar-refractivity contribution in [1.82, 2.24) is 25.4 Å². The highest BCUT2D eigenvalue weighted by Crippen LogP contribution is 2.41. The maximum atomic E-state index is 4.87. The number of hydrogen-bond acceptors (Lipinski definition) is 4. The normalized spacial score (nSPS) is 19.4. The van der Waals surface area contributed by atoms with E-state index in [0.29, 0.717) is 6.54 Å². The van der Waals surface area contributed by atoms with Gasteiger partial charge in [0.2, 0.25) is 0 Å². The average molecular weight is 415 g/mol. The van der Waals surface area contributed by atoms with E-state index in [1.54, 1.807) is 0 Å². The number of guanidine groups is 1. The summed E-state index contributed by atoms with van der Waals surface area (Å²) in [6.45, 7) is 5.52. The zero-order chi connectivity index (χ0) is 19.9. The first-order valence-electron chi connectivity index (χ1n) is 11.3. The van der Waals surface area contributed by atoms with Crippen molar-refractivity contribution in [2.24, 2.45) is 4.99 Å². The Kier molecular flexibility index (Phi) is 6.85. The van der Waals surface area contributed by atoms with E-state index in [1.807, 2.05) is 11.3 Å². The van der Waals surface area contributed by atoms with Crippen LogP contribution in [0.2, 0.25) is 0 Å². The molecule has 0 spiro atoms. The van der Waals surface area contributed by atoms with Crippen LogP contribution in [-0.2, 0) is 24.9 Å². The molecular formula is C22H34N6S. The highest BCUT2D eigenvalue weighted by molar-refractivity contribution is 7.10. The van der Waals surface area contributed by atoms with E-state index in [0.717, 1.165) is 43.7 Å². The first-order valence-corrected chi connectivity index (χ1v) is 12.2. The van der Waals surface area contributed by atoms with Crippen molar-refractivity contribution < 1.29 is 0 Å². The minimum absolute atomic E-state index is 0.245. The van der Waals surface area contributed by atoms with Gasteiger partial charge < -0.3 is 15.2 Å². The molecule has 2 aliphatic rings. The molecule has 0 radical (unpaired) electrons. The number of nitrogens with one attached hydrogen (secondary N) is 2. The third-order valence-electron chi connectivity index (χ3n) is 6.36. The summed E-state index contributed by atoms with van der Waals surface area (Å²) < 4.78 is 2.29. The number of aryl methyl sites for hydroxylation is 1. The molecule has 0 saturated heterocycles. The Labute approximate surface area is 178 Å². The van der Waals surface area contributed by atoms with E-state index in [4.69, 9.17) is 4.99 Å². The largest absolute Gasteiger partial charge is 0.357 e. The predicted molar refractivity (Wildman–Crippen MR) is 119 cm³/mol. The van der Waals surface area contributed by atoms with Crippen molar-refractivity contribution in [3.8, 4) is 0 Å². The molecule has 0 unspecified atom stereocenters. The third-order valence-corrected chi connectivity index (χ3v) is 7.47. The number of hydrogen-bond donors (Lipinski definition) is 2. The molecule has 0 aromatic carbocycles. The second-order valence-corrected chi connectivity index (χ2v) is 9.31. The van der Waals surface area contributed by atoms with Gasteiger partial charge in [0.15, 0.2) is 11.8 Å². The Morgan fingerprint density at radius 1 is 1.14 bits per heavy atom. The van der Waals surface area contributed by atoms with E-state index in [2.05, 4.69) is 49.8 Å². The van der Waals surface area contributed by atoms with Crippen molar-refractivity contribution in [2.45, 2.75) is 83.2 Å². The third kappa shape index (κ3) is 4.82. The van der Waals surface area contributed by atoms with Gasteiger partial charge in [0.25, 0.3) is 0 Å². The molecule has 2 aromatic rings. The van der Waals surface area contributed by atoms with Gasteiger partial charge in [-0.05, 0) is 44.1 Å². The van der Waals surface area contributed by atoms with Crippen LogP contribution in [0.1, 0.15) is 74.8 Å². The van der Waals surface area contributed by atoms with Crippen LogP contribution in [0.15, 0.2) is 22.5 Å². The van der Waals surface area contributed by atoms with Gasteiger partial charge in [-0.2, -0.15) is 0 Å². The highest BCUT2D eigenvalue weighted by Gasteiger charge is 2.34. The van der Waals surface area contributed by atoms with E-state index in [1.165, 1.54) is 56.2 Å². The molecule has 2 aromatic heterocycles. The summed E-state index contributed by atoms with van der Waals surface area (Å²) in [6, 6.07) is 4.50. The first-order chi connectivity index (χ1) is 14.3. The van der Waals surface area contributed by atoms with E-state index in [-0.39, 0.29) is 5.41 Å². The molecule has 29 heavy (non-hydrogen) atoms. The monoisotopic (exact) mass is 414 g/mol. The number of fused-ring (bicyclic) bond motifs is 1. The van der Waals surface area contributed by atoms with Crippen LogP contribution in [0.25, 0.3) is 0 Å². The molecular weight excluding hydrogens is 380 g/mol. The zero-order valence-corrected chi connectivity index (χ0v) is 18.4. The highest BCUT2D eigenvalue weighted by atomic mass is 32.1. The molecule has 158 valence electrons. The molecule has 1 saturated carbocycles. The lowest BCUT2D eigenvalue weighted by atomic mass is 9.73. The Morgan fingerprint density at radius 2 is 2.00 bits per heavy atom. The topological polar surface area (TPSA) is 67.1 Å². The van der Waals surface area contributed by atoms with Crippen molar-refractivity contribution in [1.29, 1.82) is 0 Å². The summed E-state index contributed by atoms with van der Waals surface area (Å²) in [4.78, 5) is 6.38. The van der Waals surface area contributed by atoms with Crippen LogP contribution < -0.4 is 10.6 Å². The van der Waals surface area contributed by atoms with Crippen LogP contribution >= 0.6 is 11.3 Å². The summed E-state index contributed by atoms with van der Waals surface area (Å²) in [6.07, 6.45) is 11.3. The van der Waals surface area contributed by atoms with Crippen molar-refractivity contribution in [3.05, 3.63) is 34.0 Å². The molecule has 1 aliphatic carbocycles. The molecule has 0 atom stereocenters. The van der Waals surface area contributed by atoms with Gasteiger partial charge in [0.05, 0.1) is 0 Å². The molecule has 0 bridgehead atoms. The molecule has 1 fully saturated rings. The molecule has 1 aliphatic heterocycles.